The maximum atomic E-state index is 14.4. The number of nitrogens with two attached hydrogens (primary N) is 1. The van der Waals surface area contributed by atoms with Crippen LogP contribution in [0.5, 0.6) is 0 Å². The molecule has 40 heavy (non-hydrogen) atoms. The van der Waals surface area contributed by atoms with E-state index < -0.39 is 41.9 Å². The normalized spacial score (nSPS) is 16.9. The first-order valence-corrected chi connectivity index (χ1v) is 11.9. The molecule has 1 aliphatic heterocycles. The van der Waals surface area contributed by atoms with Gasteiger partial charge in [0.2, 0.25) is 5.91 Å². The van der Waals surface area contributed by atoms with Gasteiger partial charge in [0.05, 0.1) is 19.2 Å². The molecular formula is C25H27F6N3O6. The van der Waals surface area contributed by atoms with E-state index in [2.05, 4.69) is 4.74 Å². The average molecular weight is 579 g/mol. The summed E-state index contributed by atoms with van der Waals surface area (Å²) in [6, 6.07) is 4.00. The number of hydrogen-bond donors (Lipinski definition) is 2. The van der Waals surface area contributed by atoms with Gasteiger partial charge in [-0.3, -0.25) is 9.59 Å². The molecule has 1 aliphatic rings. The van der Waals surface area contributed by atoms with Crippen molar-refractivity contribution < 1.29 is 50.6 Å². The molecule has 2 aromatic rings. The van der Waals surface area contributed by atoms with E-state index in [1.807, 2.05) is 0 Å². The van der Waals surface area contributed by atoms with Crippen LogP contribution in [0.1, 0.15) is 31.7 Å². The summed E-state index contributed by atoms with van der Waals surface area (Å²) in [5.41, 5.74) is 6.61. The predicted octanol–water partition coefficient (Wildman–Crippen LogP) is 3.26. The van der Waals surface area contributed by atoms with Crippen LogP contribution in [0.25, 0.3) is 11.1 Å². The number of carboxylic acids is 1. The fraction of sp³-hybridized carbons (Fsp3) is 0.440. The first-order chi connectivity index (χ1) is 18.5. The van der Waals surface area contributed by atoms with Gasteiger partial charge < -0.3 is 20.5 Å². The molecule has 0 bridgehead atoms. The van der Waals surface area contributed by atoms with Crippen LogP contribution in [0, 0.1) is 0 Å². The van der Waals surface area contributed by atoms with Gasteiger partial charge in [-0.15, -0.1) is 0 Å². The molecule has 0 saturated carbocycles. The molecule has 2 heterocycles. The van der Waals surface area contributed by atoms with Crippen LogP contribution in [0.2, 0.25) is 0 Å². The highest BCUT2D eigenvalue weighted by atomic mass is 19.4. The molecule has 9 nitrogen and oxygen atoms in total. The van der Waals surface area contributed by atoms with Gasteiger partial charge in [-0.1, -0.05) is 31.2 Å². The van der Waals surface area contributed by atoms with Crippen LogP contribution in [-0.4, -0.2) is 70.5 Å². The predicted molar refractivity (Wildman–Crippen MR) is 129 cm³/mol. The van der Waals surface area contributed by atoms with Crippen molar-refractivity contribution in [1.29, 1.82) is 0 Å². The maximum Gasteiger partial charge on any atom is 0.490 e. The molecule has 1 saturated heterocycles. The van der Waals surface area contributed by atoms with Gasteiger partial charge >= 0.3 is 24.2 Å². The summed E-state index contributed by atoms with van der Waals surface area (Å²) < 4.78 is 78.4. The van der Waals surface area contributed by atoms with Crippen molar-refractivity contribution in [3.8, 4) is 11.1 Å². The highest BCUT2D eigenvalue weighted by Gasteiger charge is 2.44. The summed E-state index contributed by atoms with van der Waals surface area (Å²) in [7, 11) is 0. The van der Waals surface area contributed by atoms with Crippen molar-refractivity contribution in [2.75, 3.05) is 19.7 Å². The second-order valence-corrected chi connectivity index (χ2v) is 8.80. The van der Waals surface area contributed by atoms with E-state index in [0.717, 1.165) is 17.8 Å². The van der Waals surface area contributed by atoms with Crippen molar-refractivity contribution >= 4 is 17.8 Å². The third-order valence-electron chi connectivity index (χ3n) is 6.01. The van der Waals surface area contributed by atoms with E-state index in [9.17, 15) is 40.7 Å². The number of carbonyl (C=O) groups is 3. The number of carbonyl (C=O) groups excluding carboxylic acids is 2. The number of halogens is 6. The fourth-order valence-corrected chi connectivity index (χ4v) is 3.72. The zero-order valence-electron chi connectivity index (χ0n) is 21.3. The number of aliphatic carboxylic acids is 1. The monoisotopic (exact) mass is 579 g/mol. The molecule has 0 aliphatic carbocycles. The number of pyridine rings is 1. The summed E-state index contributed by atoms with van der Waals surface area (Å²) in [6.07, 6.45) is -4.91. The smallest absolute Gasteiger partial charge is 0.475 e. The highest BCUT2D eigenvalue weighted by molar-refractivity contribution is 5.83. The molecule has 3 rings (SSSR count). The van der Waals surface area contributed by atoms with Gasteiger partial charge in [-0.25, -0.2) is 18.5 Å². The minimum absolute atomic E-state index is 0.0413. The quantitative estimate of drug-likeness (QED) is 0.380. The van der Waals surface area contributed by atoms with Crippen LogP contribution in [-0.2, 0) is 25.2 Å². The van der Waals surface area contributed by atoms with Crippen LogP contribution < -0.4 is 11.3 Å². The Balaban J connectivity index is 0.000000708. The maximum absolute atomic E-state index is 14.4. The molecule has 220 valence electrons. The third-order valence-corrected chi connectivity index (χ3v) is 6.01. The number of carboxylic acid groups (broad SMARTS) is 1. The van der Waals surface area contributed by atoms with E-state index in [0.29, 0.717) is 18.5 Å². The molecule has 15 heteroatoms. The van der Waals surface area contributed by atoms with E-state index >= 15 is 0 Å². The van der Waals surface area contributed by atoms with Crippen molar-refractivity contribution in [2.24, 2.45) is 5.73 Å². The number of nitrogens with zero attached hydrogens (tertiary/aromatic N) is 2. The van der Waals surface area contributed by atoms with E-state index in [-0.39, 0.29) is 35.1 Å². The molecule has 0 unspecified atom stereocenters. The topological polar surface area (TPSA) is 132 Å². The standard InChI is InChI=1S/C23H26F3N3O4.C2HF3O2/c1-3-33-22(32)23(25,26)29-12-17(8-9-19(29)30)16-6-4-15(5-7-16)14(2)20(27)21(31)28-11-10-18(24)13-28;3-2(4,5)1(6)7/h4-9,12,14,18,20H,3,10-11,13,27H2,1-2H3;(H,6,7)/t14-,18-,20-;/m0./s1. The molecule has 1 aromatic heterocycles. The van der Waals surface area contributed by atoms with Crippen molar-refractivity contribution in [2.45, 2.75) is 50.6 Å². The molecule has 3 N–H and O–H groups in total. The van der Waals surface area contributed by atoms with Gasteiger partial charge in [-0.2, -0.15) is 22.0 Å². The Hall–Kier alpha value is -3.88. The number of amides is 1. The lowest BCUT2D eigenvalue weighted by atomic mass is 9.91. The lowest BCUT2D eigenvalue weighted by Crippen LogP contribution is -2.45. The minimum atomic E-state index is -5.08. The first kappa shape index (κ1) is 32.3. The Kier molecular flexibility index (Phi) is 10.5. The van der Waals surface area contributed by atoms with Crippen molar-refractivity contribution in [3.05, 3.63) is 58.5 Å². The molecule has 0 radical (unpaired) electrons. The number of rotatable bonds is 7. The molecule has 3 atom stereocenters. The molecule has 1 fully saturated rings. The van der Waals surface area contributed by atoms with Gasteiger partial charge in [0.25, 0.3) is 5.56 Å². The summed E-state index contributed by atoms with van der Waals surface area (Å²) in [5.74, 6) is -5.26. The van der Waals surface area contributed by atoms with Crippen molar-refractivity contribution in [1.82, 2.24) is 9.47 Å². The number of benzene rings is 1. The number of likely N-dealkylation sites (tertiary alicyclic amines) is 1. The van der Waals surface area contributed by atoms with Gasteiger partial charge in [-0.05, 0) is 36.1 Å². The third kappa shape index (κ3) is 7.83. The lowest BCUT2D eigenvalue weighted by Gasteiger charge is -2.25. The summed E-state index contributed by atoms with van der Waals surface area (Å²) in [4.78, 5) is 46.5. The molecule has 0 spiro atoms. The number of hydrogen-bond acceptors (Lipinski definition) is 6. The van der Waals surface area contributed by atoms with E-state index in [1.165, 1.54) is 17.9 Å². The van der Waals surface area contributed by atoms with Crippen LogP contribution in [0.3, 0.4) is 0 Å². The van der Waals surface area contributed by atoms with Gasteiger partial charge in [0.1, 0.15) is 6.17 Å². The Morgan fingerprint density at radius 1 is 1.07 bits per heavy atom. The Morgan fingerprint density at radius 3 is 2.10 bits per heavy atom. The van der Waals surface area contributed by atoms with E-state index in [4.69, 9.17) is 15.6 Å². The minimum Gasteiger partial charge on any atom is -0.475 e. The summed E-state index contributed by atoms with van der Waals surface area (Å²) in [6.45, 7) is 3.30. The second-order valence-electron chi connectivity index (χ2n) is 8.80. The average Bonchev–Trinajstić information content (AvgIpc) is 3.33. The summed E-state index contributed by atoms with van der Waals surface area (Å²) in [5, 5.41) is 7.12. The zero-order chi connectivity index (χ0) is 30.4. The largest absolute Gasteiger partial charge is 0.490 e. The molecule has 1 aromatic carbocycles. The highest BCUT2D eigenvalue weighted by Crippen LogP contribution is 2.27. The zero-order valence-corrected chi connectivity index (χ0v) is 21.3. The number of esters is 1. The summed E-state index contributed by atoms with van der Waals surface area (Å²) >= 11 is 0. The van der Waals surface area contributed by atoms with Gasteiger partial charge in [0, 0.05) is 24.7 Å². The number of aromatic nitrogens is 1. The first-order valence-electron chi connectivity index (χ1n) is 11.9. The fourth-order valence-electron chi connectivity index (χ4n) is 3.72. The Bertz CT molecular complexity index is 1260. The van der Waals surface area contributed by atoms with Crippen LogP contribution in [0.4, 0.5) is 26.3 Å². The van der Waals surface area contributed by atoms with E-state index in [1.54, 1.807) is 31.2 Å². The molecule has 1 amide bonds. The van der Waals surface area contributed by atoms with Gasteiger partial charge in [0.15, 0.2) is 0 Å². The number of ether oxygens (including phenoxy) is 1. The van der Waals surface area contributed by atoms with Crippen molar-refractivity contribution in [3.63, 3.8) is 0 Å². The Labute approximate surface area is 224 Å². The second kappa shape index (κ2) is 13.0. The lowest BCUT2D eigenvalue weighted by molar-refractivity contribution is -0.192. The molecular weight excluding hydrogens is 552 g/mol. The number of alkyl halides is 6. The SMILES string of the molecule is CCOC(=O)C(F)(F)n1cc(-c2ccc([C@H](C)[C@H](N)C(=O)N3CC[C@H](F)C3)cc2)ccc1=O.O=C(O)C(F)(F)F. The van der Waals surface area contributed by atoms with Crippen LogP contribution >= 0.6 is 0 Å². The van der Waals surface area contributed by atoms with Crippen LogP contribution in [0.15, 0.2) is 47.4 Å². The Morgan fingerprint density at radius 2 is 1.62 bits per heavy atom.